The van der Waals surface area contributed by atoms with Gasteiger partial charge in [-0.05, 0) is 44.9 Å². The Morgan fingerprint density at radius 2 is 0.552 bits per heavy atom. The molecule has 0 aromatic heterocycles. The summed E-state index contributed by atoms with van der Waals surface area (Å²) >= 11 is 0. The third-order valence-corrected chi connectivity index (χ3v) is 13.0. The summed E-state index contributed by atoms with van der Waals surface area (Å²) in [4.78, 5) is 24.6. The molecule has 0 aromatic rings. The summed E-state index contributed by atoms with van der Waals surface area (Å²) in [7, 11) is 0. The van der Waals surface area contributed by atoms with E-state index in [0.717, 1.165) is 51.4 Å². The van der Waals surface area contributed by atoms with Crippen LogP contribution in [0.2, 0.25) is 0 Å². The molecule has 0 fully saturated rings. The number of ether oxygens (including phenoxy) is 1. The fourth-order valence-electron chi connectivity index (χ4n) is 8.93. The zero-order chi connectivity index (χ0) is 42.3. The zero-order valence-corrected chi connectivity index (χ0v) is 40.1. The second-order valence-electron chi connectivity index (χ2n) is 18.8. The van der Waals surface area contributed by atoms with Crippen molar-refractivity contribution in [1.29, 1.82) is 0 Å². The van der Waals surface area contributed by atoms with E-state index >= 15 is 0 Å². The van der Waals surface area contributed by atoms with Crippen molar-refractivity contribution in [3.05, 3.63) is 0 Å². The van der Waals surface area contributed by atoms with Gasteiger partial charge in [0.15, 0.2) is 0 Å². The van der Waals surface area contributed by atoms with Crippen molar-refractivity contribution in [2.45, 2.75) is 329 Å². The Balaban J connectivity index is 4.63. The Morgan fingerprint density at radius 3 is 0.828 bits per heavy atom. The van der Waals surface area contributed by atoms with Crippen molar-refractivity contribution in [3.63, 3.8) is 0 Å². The summed E-state index contributed by atoms with van der Waals surface area (Å²) in [6.07, 6.45) is 59.7. The van der Waals surface area contributed by atoms with Crippen molar-refractivity contribution < 1.29 is 19.4 Å². The van der Waals surface area contributed by atoms with Gasteiger partial charge in [0.05, 0.1) is 5.92 Å². The van der Waals surface area contributed by atoms with Crippen molar-refractivity contribution in [2.24, 2.45) is 5.92 Å². The van der Waals surface area contributed by atoms with Crippen LogP contribution in [0.15, 0.2) is 0 Å². The normalized spacial score (nSPS) is 12.6. The largest absolute Gasteiger partial charge is 0.481 e. The summed E-state index contributed by atoms with van der Waals surface area (Å²) in [6.45, 7) is 6.87. The number of rotatable bonds is 50. The van der Waals surface area contributed by atoms with E-state index in [1.165, 1.54) is 244 Å². The molecule has 0 bridgehead atoms. The number of esters is 1. The maximum Gasteiger partial charge on any atom is 0.309 e. The number of unbranched alkanes of at least 4 members (excludes halogenated alkanes) is 38. The monoisotopic (exact) mass is 819 g/mol. The topological polar surface area (TPSA) is 63.6 Å². The average Bonchev–Trinajstić information content (AvgIpc) is 3.21. The molecule has 0 aliphatic rings. The molecular formula is C54H106O4. The lowest BCUT2D eigenvalue weighted by Gasteiger charge is -2.22. The highest BCUT2D eigenvalue weighted by molar-refractivity contribution is 5.72. The molecule has 0 rings (SSSR count). The first-order valence-electron chi connectivity index (χ1n) is 27.0. The molecule has 346 valence electrons. The molecule has 0 radical (unpaired) electrons. The van der Waals surface area contributed by atoms with E-state index in [4.69, 9.17) is 9.84 Å². The molecule has 0 aromatic carbocycles. The highest BCUT2D eigenvalue weighted by Gasteiger charge is 2.23. The van der Waals surface area contributed by atoms with Crippen LogP contribution in [-0.4, -0.2) is 23.1 Å². The van der Waals surface area contributed by atoms with Gasteiger partial charge in [-0.3, -0.25) is 9.59 Å². The molecule has 0 aliphatic heterocycles. The smallest absolute Gasteiger partial charge is 0.309 e. The van der Waals surface area contributed by atoms with Gasteiger partial charge < -0.3 is 9.84 Å². The van der Waals surface area contributed by atoms with Gasteiger partial charge in [0.1, 0.15) is 6.10 Å². The first-order chi connectivity index (χ1) is 28.5. The molecule has 0 aliphatic carbocycles. The molecule has 4 heteroatoms. The van der Waals surface area contributed by atoms with Crippen molar-refractivity contribution in [3.8, 4) is 0 Å². The summed E-state index contributed by atoms with van der Waals surface area (Å²) in [5, 5.41) is 8.84. The van der Waals surface area contributed by atoms with Gasteiger partial charge in [0.25, 0.3) is 0 Å². The van der Waals surface area contributed by atoms with E-state index in [0.29, 0.717) is 6.42 Å². The third kappa shape index (κ3) is 44.5. The van der Waals surface area contributed by atoms with Crippen LogP contribution in [0.5, 0.6) is 0 Å². The van der Waals surface area contributed by atoms with Crippen LogP contribution in [0.1, 0.15) is 323 Å². The van der Waals surface area contributed by atoms with Crippen molar-refractivity contribution >= 4 is 11.9 Å². The predicted octanol–water partition coefficient (Wildman–Crippen LogP) is 19.0. The zero-order valence-electron chi connectivity index (χ0n) is 40.1. The molecular weight excluding hydrogens is 713 g/mol. The van der Waals surface area contributed by atoms with Crippen molar-refractivity contribution in [1.82, 2.24) is 0 Å². The molecule has 0 amide bonds. The lowest BCUT2D eigenvalue weighted by molar-refractivity contribution is -0.155. The first kappa shape index (κ1) is 56.9. The quantitative estimate of drug-likeness (QED) is 0.0490. The van der Waals surface area contributed by atoms with E-state index in [1.807, 2.05) is 0 Å². The van der Waals surface area contributed by atoms with Crippen LogP contribution in [0.3, 0.4) is 0 Å². The van der Waals surface area contributed by atoms with E-state index in [2.05, 4.69) is 20.8 Å². The Morgan fingerprint density at radius 1 is 0.328 bits per heavy atom. The third-order valence-electron chi connectivity index (χ3n) is 13.0. The second-order valence-corrected chi connectivity index (χ2v) is 18.8. The van der Waals surface area contributed by atoms with Crippen LogP contribution in [0, 0.1) is 5.92 Å². The molecule has 0 heterocycles. The number of carboxylic acid groups (broad SMARTS) is 1. The number of aliphatic carboxylic acids is 1. The molecule has 0 spiro atoms. The number of hydrogen-bond acceptors (Lipinski definition) is 3. The molecule has 2 atom stereocenters. The fraction of sp³-hybridized carbons (Fsp3) is 0.963. The second kappa shape index (κ2) is 48.6. The summed E-state index contributed by atoms with van der Waals surface area (Å²) in [6, 6.07) is 0. The molecule has 2 unspecified atom stereocenters. The Labute approximate surface area is 364 Å². The molecule has 0 saturated heterocycles. The van der Waals surface area contributed by atoms with Gasteiger partial charge in [-0.25, -0.2) is 0 Å². The van der Waals surface area contributed by atoms with E-state index in [9.17, 15) is 9.59 Å². The number of carboxylic acids is 1. The van der Waals surface area contributed by atoms with E-state index < -0.39 is 5.97 Å². The van der Waals surface area contributed by atoms with Gasteiger partial charge in [-0.15, -0.1) is 0 Å². The highest BCUT2D eigenvalue weighted by atomic mass is 16.5. The molecule has 1 N–H and O–H groups in total. The van der Waals surface area contributed by atoms with Crippen LogP contribution in [-0.2, 0) is 14.3 Å². The Kier molecular flexibility index (Phi) is 47.7. The average molecular weight is 819 g/mol. The number of carbonyl (C=O) groups is 2. The Bertz CT molecular complexity index is 811. The first-order valence-corrected chi connectivity index (χ1v) is 27.0. The van der Waals surface area contributed by atoms with Gasteiger partial charge in [-0.2, -0.15) is 0 Å². The van der Waals surface area contributed by atoms with Gasteiger partial charge in [0, 0.05) is 6.42 Å². The van der Waals surface area contributed by atoms with E-state index in [-0.39, 0.29) is 18.0 Å². The minimum Gasteiger partial charge on any atom is -0.481 e. The number of carbonyl (C=O) groups excluding carboxylic acids is 1. The predicted molar refractivity (Wildman–Crippen MR) is 255 cm³/mol. The van der Waals surface area contributed by atoms with Crippen molar-refractivity contribution in [2.75, 3.05) is 0 Å². The van der Waals surface area contributed by atoms with Crippen LogP contribution >= 0.6 is 0 Å². The Hall–Kier alpha value is -1.06. The SMILES string of the molecule is CCCCCCCCCCCCCCCCCCC(CCCCCCCCCCCCCCCC)C(=O)OC(CCCCCC)CCCCCCCCCCC(=O)O. The minimum absolute atomic E-state index is 0.0863. The standard InChI is InChI=1S/C54H106O4/c1-4-7-10-13-15-17-19-21-23-24-26-28-30-34-38-42-47-51(46-41-37-33-29-27-25-22-20-18-16-14-11-8-5-2)54(57)58-52(48-43-12-9-6-3)49-44-39-35-31-32-36-40-45-50-53(55)56/h51-52H,4-50H2,1-3H3,(H,55,56). The van der Waals surface area contributed by atoms with Crippen LogP contribution in [0.25, 0.3) is 0 Å². The fourth-order valence-corrected chi connectivity index (χ4v) is 8.93. The maximum absolute atomic E-state index is 13.8. The number of hydrogen-bond donors (Lipinski definition) is 1. The lowest BCUT2D eigenvalue weighted by atomic mass is 9.93. The van der Waals surface area contributed by atoms with Gasteiger partial charge in [0.2, 0.25) is 0 Å². The maximum atomic E-state index is 13.8. The summed E-state index contributed by atoms with van der Waals surface area (Å²) in [5.41, 5.74) is 0. The van der Waals surface area contributed by atoms with Crippen LogP contribution < -0.4 is 0 Å². The summed E-state index contributed by atoms with van der Waals surface area (Å²) < 4.78 is 6.45. The lowest BCUT2D eigenvalue weighted by Crippen LogP contribution is -2.25. The highest BCUT2D eigenvalue weighted by Crippen LogP contribution is 2.25. The summed E-state index contributed by atoms with van der Waals surface area (Å²) in [5.74, 6) is -0.466. The van der Waals surface area contributed by atoms with Gasteiger partial charge >= 0.3 is 11.9 Å². The van der Waals surface area contributed by atoms with E-state index in [1.54, 1.807) is 0 Å². The van der Waals surface area contributed by atoms with Gasteiger partial charge in [-0.1, -0.05) is 271 Å². The molecule has 0 saturated carbocycles. The van der Waals surface area contributed by atoms with Crippen LogP contribution in [0.4, 0.5) is 0 Å². The molecule has 4 nitrogen and oxygen atoms in total. The minimum atomic E-state index is -0.675. The molecule has 58 heavy (non-hydrogen) atoms.